The first kappa shape index (κ1) is 15.8. The fraction of sp³-hybridized carbons (Fsp3) is 0.688. The molecule has 0 aliphatic heterocycles. The quantitative estimate of drug-likeness (QED) is 0.812. The Morgan fingerprint density at radius 2 is 1.63 bits per heavy atom. The van der Waals surface area contributed by atoms with Crippen LogP contribution in [-0.2, 0) is 0 Å². The second-order valence-corrected chi connectivity index (χ2v) is 6.25. The highest BCUT2D eigenvalue weighted by Crippen LogP contribution is 2.19. The molecule has 1 aromatic rings. The second kappa shape index (κ2) is 7.37. The SMILES string of the molecule is Cc1cnc(N(CCC(C)C)CCC(C)C)cc1N. The van der Waals surface area contributed by atoms with Gasteiger partial charge in [0.1, 0.15) is 5.82 Å². The van der Waals surface area contributed by atoms with Gasteiger partial charge >= 0.3 is 0 Å². The van der Waals surface area contributed by atoms with E-state index in [1.165, 1.54) is 12.8 Å². The molecule has 0 fully saturated rings. The fourth-order valence-corrected chi connectivity index (χ4v) is 1.87. The number of nitrogens with zero attached hydrogens (tertiary/aromatic N) is 2. The van der Waals surface area contributed by atoms with E-state index in [0.29, 0.717) is 11.8 Å². The van der Waals surface area contributed by atoms with Gasteiger partial charge in [0.25, 0.3) is 0 Å². The maximum absolute atomic E-state index is 6.00. The van der Waals surface area contributed by atoms with E-state index in [4.69, 9.17) is 5.73 Å². The highest BCUT2D eigenvalue weighted by atomic mass is 15.2. The van der Waals surface area contributed by atoms with Crippen molar-refractivity contribution in [1.29, 1.82) is 0 Å². The van der Waals surface area contributed by atoms with Gasteiger partial charge in [-0.25, -0.2) is 4.98 Å². The predicted molar refractivity (Wildman–Crippen MR) is 84.5 cm³/mol. The van der Waals surface area contributed by atoms with Crippen LogP contribution in [0.25, 0.3) is 0 Å². The molecule has 2 N–H and O–H groups in total. The number of hydrogen-bond donors (Lipinski definition) is 1. The first-order valence-electron chi connectivity index (χ1n) is 7.37. The van der Waals surface area contributed by atoms with Crippen molar-refractivity contribution in [2.24, 2.45) is 11.8 Å². The largest absolute Gasteiger partial charge is 0.398 e. The Bertz CT molecular complexity index is 374. The molecule has 1 rings (SSSR count). The summed E-state index contributed by atoms with van der Waals surface area (Å²) in [6, 6.07) is 2.01. The zero-order chi connectivity index (χ0) is 14.4. The van der Waals surface area contributed by atoms with Crippen LogP contribution in [0.2, 0.25) is 0 Å². The highest BCUT2D eigenvalue weighted by Gasteiger charge is 2.10. The van der Waals surface area contributed by atoms with Gasteiger partial charge in [0.15, 0.2) is 0 Å². The predicted octanol–water partition coefficient (Wildman–Crippen LogP) is 3.87. The molecule has 0 aliphatic carbocycles. The van der Waals surface area contributed by atoms with Crippen LogP contribution in [-0.4, -0.2) is 18.1 Å². The van der Waals surface area contributed by atoms with Gasteiger partial charge < -0.3 is 10.6 Å². The summed E-state index contributed by atoms with van der Waals surface area (Å²) in [4.78, 5) is 6.91. The van der Waals surface area contributed by atoms with Crippen molar-refractivity contribution in [1.82, 2.24) is 4.98 Å². The van der Waals surface area contributed by atoms with Gasteiger partial charge in [-0.05, 0) is 37.2 Å². The molecular weight excluding hydrogens is 234 g/mol. The molecule has 0 radical (unpaired) electrons. The van der Waals surface area contributed by atoms with Crippen molar-refractivity contribution in [3.05, 3.63) is 17.8 Å². The van der Waals surface area contributed by atoms with E-state index in [9.17, 15) is 0 Å². The number of pyridine rings is 1. The molecule has 3 nitrogen and oxygen atoms in total. The number of nitrogen functional groups attached to an aromatic ring is 1. The van der Waals surface area contributed by atoms with Crippen LogP contribution in [0.15, 0.2) is 12.3 Å². The summed E-state index contributed by atoms with van der Waals surface area (Å²) in [5.41, 5.74) is 7.89. The third-order valence-electron chi connectivity index (χ3n) is 3.41. The Kier molecular flexibility index (Phi) is 6.13. The number of aromatic nitrogens is 1. The molecule has 0 aromatic carbocycles. The van der Waals surface area contributed by atoms with Crippen LogP contribution in [0.3, 0.4) is 0 Å². The summed E-state index contributed by atoms with van der Waals surface area (Å²) in [5, 5.41) is 0. The maximum atomic E-state index is 6.00. The normalized spacial score (nSPS) is 11.3. The molecule has 0 saturated carbocycles. The second-order valence-electron chi connectivity index (χ2n) is 6.25. The van der Waals surface area contributed by atoms with Gasteiger partial charge in [-0.1, -0.05) is 27.7 Å². The zero-order valence-corrected chi connectivity index (χ0v) is 13.1. The van der Waals surface area contributed by atoms with Crippen LogP contribution >= 0.6 is 0 Å². The van der Waals surface area contributed by atoms with Gasteiger partial charge in [0.2, 0.25) is 0 Å². The average molecular weight is 263 g/mol. The third-order valence-corrected chi connectivity index (χ3v) is 3.41. The molecule has 19 heavy (non-hydrogen) atoms. The molecule has 0 saturated heterocycles. The minimum Gasteiger partial charge on any atom is -0.398 e. The zero-order valence-electron chi connectivity index (χ0n) is 13.1. The Morgan fingerprint density at radius 3 is 2.05 bits per heavy atom. The Hall–Kier alpha value is -1.25. The van der Waals surface area contributed by atoms with Gasteiger partial charge in [-0.15, -0.1) is 0 Å². The van der Waals surface area contributed by atoms with E-state index in [2.05, 4.69) is 37.6 Å². The van der Waals surface area contributed by atoms with Crippen molar-refractivity contribution in [2.45, 2.75) is 47.5 Å². The third kappa shape index (κ3) is 5.50. The van der Waals surface area contributed by atoms with Crippen LogP contribution in [0.4, 0.5) is 11.5 Å². The topological polar surface area (TPSA) is 42.2 Å². The molecule has 3 heteroatoms. The van der Waals surface area contributed by atoms with E-state index in [1.807, 2.05) is 19.2 Å². The maximum Gasteiger partial charge on any atom is 0.130 e. The van der Waals surface area contributed by atoms with Crippen LogP contribution in [0, 0.1) is 18.8 Å². The number of rotatable bonds is 7. The number of hydrogen-bond acceptors (Lipinski definition) is 3. The van der Waals surface area contributed by atoms with Crippen molar-refractivity contribution >= 4 is 11.5 Å². The van der Waals surface area contributed by atoms with Gasteiger partial charge in [0.05, 0.1) is 0 Å². The molecule has 0 aliphatic rings. The molecule has 1 aromatic heterocycles. The van der Waals surface area contributed by atoms with Gasteiger partial charge in [0, 0.05) is 31.0 Å². The lowest BCUT2D eigenvalue weighted by molar-refractivity contribution is 0.533. The summed E-state index contributed by atoms with van der Waals surface area (Å²) in [7, 11) is 0. The summed E-state index contributed by atoms with van der Waals surface area (Å²) in [6.07, 6.45) is 4.25. The van der Waals surface area contributed by atoms with Crippen molar-refractivity contribution in [3.8, 4) is 0 Å². The van der Waals surface area contributed by atoms with E-state index >= 15 is 0 Å². The first-order chi connectivity index (χ1) is 8.90. The van der Waals surface area contributed by atoms with E-state index in [0.717, 1.165) is 30.2 Å². The summed E-state index contributed by atoms with van der Waals surface area (Å²) in [6.45, 7) is 13.2. The average Bonchev–Trinajstić information content (AvgIpc) is 2.32. The van der Waals surface area contributed by atoms with Crippen molar-refractivity contribution in [3.63, 3.8) is 0 Å². The molecule has 1 heterocycles. The Balaban J connectivity index is 2.78. The lowest BCUT2D eigenvalue weighted by Crippen LogP contribution is -2.28. The fourth-order valence-electron chi connectivity index (χ4n) is 1.87. The molecule has 0 atom stereocenters. The van der Waals surface area contributed by atoms with E-state index in [1.54, 1.807) is 0 Å². The summed E-state index contributed by atoms with van der Waals surface area (Å²) >= 11 is 0. The lowest BCUT2D eigenvalue weighted by Gasteiger charge is -2.26. The van der Waals surface area contributed by atoms with Crippen LogP contribution < -0.4 is 10.6 Å². The standard InChI is InChI=1S/C16H29N3/c1-12(2)6-8-19(9-7-13(3)4)16-10-15(17)14(5)11-18-16/h10-13H,6-9H2,1-5H3,(H2,17,18). The molecule has 0 spiro atoms. The van der Waals surface area contributed by atoms with E-state index in [-0.39, 0.29) is 0 Å². The Morgan fingerprint density at radius 1 is 1.11 bits per heavy atom. The first-order valence-corrected chi connectivity index (χ1v) is 7.37. The number of aryl methyl sites for hydroxylation is 1. The monoisotopic (exact) mass is 263 g/mol. The lowest BCUT2D eigenvalue weighted by atomic mass is 10.1. The van der Waals surface area contributed by atoms with Crippen molar-refractivity contribution < 1.29 is 0 Å². The Labute approximate surface area is 118 Å². The number of nitrogens with two attached hydrogens (primary N) is 1. The van der Waals surface area contributed by atoms with Crippen molar-refractivity contribution in [2.75, 3.05) is 23.7 Å². The molecular formula is C16H29N3. The van der Waals surface area contributed by atoms with Gasteiger partial charge in [-0.2, -0.15) is 0 Å². The number of anilines is 2. The molecule has 108 valence electrons. The molecule has 0 unspecified atom stereocenters. The summed E-state index contributed by atoms with van der Waals surface area (Å²) < 4.78 is 0. The molecule has 0 bridgehead atoms. The van der Waals surface area contributed by atoms with Crippen LogP contribution in [0.5, 0.6) is 0 Å². The minimum atomic E-state index is 0.712. The molecule has 0 amide bonds. The van der Waals surface area contributed by atoms with Gasteiger partial charge in [-0.3, -0.25) is 0 Å². The summed E-state index contributed by atoms with van der Waals surface area (Å²) in [5.74, 6) is 2.44. The smallest absolute Gasteiger partial charge is 0.130 e. The van der Waals surface area contributed by atoms with Crippen LogP contribution in [0.1, 0.15) is 46.1 Å². The van der Waals surface area contributed by atoms with E-state index < -0.39 is 0 Å². The highest BCUT2D eigenvalue weighted by molar-refractivity contribution is 5.54. The minimum absolute atomic E-state index is 0.712.